The van der Waals surface area contributed by atoms with Crippen LogP contribution in [0.1, 0.15) is 18.9 Å². The summed E-state index contributed by atoms with van der Waals surface area (Å²) in [7, 11) is 0. The lowest BCUT2D eigenvalue weighted by Gasteiger charge is -2.33. The quantitative estimate of drug-likeness (QED) is 0.852. The fourth-order valence-electron chi connectivity index (χ4n) is 3.25. The second kappa shape index (κ2) is 9.17. The predicted molar refractivity (Wildman–Crippen MR) is 94.3 cm³/mol. The number of nitrogens with zero attached hydrogens (tertiary/aromatic N) is 1. The minimum absolute atomic E-state index is 0.00259. The van der Waals surface area contributed by atoms with E-state index in [2.05, 4.69) is 12.2 Å². The van der Waals surface area contributed by atoms with Crippen LogP contribution in [0.3, 0.4) is 0 Å². The standard InChI is InChI=1S/C19H28N2O4/c1-15(17-7-9-23-14-17)20-11-18-12-21(8-10-24-18)19(22)25-13-16-5-3-2-4-6-16/h2-6,15,17-18,20H,7-14H2,1H3. The molecule has 0 aromatic heterocycles. The third-order valence-corrected chi connectivity index (χ3v) is 4.94. The van der Waals surface area contributed by atoms with Gasteiger partial charge in [-0.15, -0.1) is 0 Å². The summed E-state index contributed by atoms with van der Waals surface area (Å²) in [6, 6.07) is 10.1. The zero-order valence-corrected chi connectivity index (χ0v) is 14.9. The molecule has 2 saturated heterocycles. The fraction of sp³-hybridized carbons (Fsp3) is 0.632. The number of hydrogen-bond acceptors (Lipinski definition) is 5. The Bertz CT molecular complexity index is 533. The van der Waals surface area contributed by atoms with E-state index >= 15 is 0 Å². The Morgan fingerprint density at radius 2 is 2.20 bits per heavy atom. The van der Waals surface area contributed by atoms with Crippen molar-refractivity contribution in [2.45, 2.75) is 32.1 Å². The normalized spacial score (nSPS) is 24.9. The lowest BCUT2D eigenvalue weighted by Crippen LogP contribution is -2.50. The lowest BCUT2D eigenvalue weighted by molar-refractivity contribution is -0.0284. The van der Waals surface area contributed by atoms with E-state index in [1.54, 1.807) is 4.90 Å². The zero-order chi connectivity index (χ0) is 17.5. The van der Waals surface area contributed by atoms with Crippen molar-refractivity contribution in [1.29, 1.82) is 0 Å². The van der Waals surface area contributed by atoms with Gasteiger partial charge in [0.2, 0.25) is 0 Å². The van der Waals surface area contributed by atoms with Crippen molar-refractivity contribution in [2.24, 2.45) is 5.92 Å². The zero-order valence-electron chi connectivity index (χ0n) is 14.9. The summed E-state index contributed by atoms with van der Waals surface area (Å²) in [5.74, 6) is 0.565. The molecule has 3 unspecified atom stereocenters. The Morgan fingerprint density at radius 1 is 1.36 bits per heavy atom. The highest BCUT2D eigenvalue weighted by Gasteiger charge is 2.27. The van der Waals surface area contributed by atoms with E-state index in [4.69, 9.17) is 14.2 Å². The summed E-state index contributed by atoms with van der Waals surface area (Å²) in [5, 5.41) is 3.53. The van der Waals surface area contributed by atoms with Gasteiger partial charge < -0.3 is 24.4 Å². The van der Waals surface area contributed by atoms with E-state index in [-0.39, 0.29) is 12.2 Å². The monoisotopic (exact) mass is 348 g/mol. The summed E-state index contributed by atoms with van der Waals surface area (Å²) in [6.45, 7) is 6.61. The van der Waals surface area contributed by atoms with Crippen molar-refractivity contribution in [1.82, 2.24) is 10.2 Å². The predicted octanol–water partition coefficient (Wildman–Crippen LogP) is 2.04. The van der Waals surface area contributed by atoms with Crippen molar-refractivity contribution in [3.63, 3.8) is 0 Å². The van der Waals surface area contributed by atoms with Crippen molar-refractivity contribution in [3.05, 3.63) is 35.9 Å². The molecule has 1 aromatic rings. The molecule has 2 fully saturated rings. The number of rotatable bonds is 6. The molecule has 0 spiro atoms. The molecule has 2 aliphatic heterocycles. The number of carbonyl (C=O) groups excluding carboxylic acids is 1. The first-order chi connectivity index (χ1) is 12.2. The van der Waals surface area contributed by atoms with Gasteiger partial charge in [0.1, 0.15) is 6.61 Å². The number of benzene rings is 1. The molecular weight excluding hydrogens is 320 g/mol. The molecule has 138 valence electrons. The van der Waals surface area contributed by atoms with Crippen LogP contribution in [0.25, 0.3) is 0 Å². The first-order valence-corrected chi connectivity index (χ1v) is 9.10. The Balaban J connectivity index is 1.40. The highest BCUT2D eigenvalue weighted by Crippen LogP contribution is 2.16. The molecule has 0 aliphatic carbocycles. The van der Waals surface area contributed by atoms with E-state index < -0.39 is 0 Å². The highest BCUT2D eigenvalue weighted by molar-refractivity contribution is 5.67. The van der Waals surface area contributed by atoms with Crippen LogP contribution in [0.5, 0.6) is 0 Å². The second-order valence-corrected chi connectivity index (χ2v) is 6.80. The Morgan fingerprint density at radius 3 is 2.96 bits per heavy atom. The van der Waals surface area contributed by atoms with E-state index in [9.17, 15) is 4.79 Å². The Labute approximate surface area is 149 Å². The van der Waals surface area contributed by atoms with Gasteiger partial charge >= 0.3 is 6.09 Å². The van der Waals surface area contributed by atoms with Crippen molar-refractivity contribution < 1.29 is 19.0 Å². The van der Waals surface area contributed by atoms with Crippen LogP contribution in [0.15, 0.2) is 30.3 Å². The molecule has 1 amide bonds. The molecule has 1 N–H and O–H groups in total. The SMILES string of the molecule is CC(NCC1CN(C(=O)OCc2ccccc2)CCO1)C1CCOC1. The van der Waals surface area contributed by atoms with Crippen LogP contribution in [0.2, 0.25) is 0 Å². The molecule has 6 nitrogen and oxygen atoms in total. The van der Waals surface area contributed by atoms with Gasteiger partial charge in [-0.05, 0) is 24.8 Å². The molecule has 0 radical (unpaired) electrons. The number of ether oxygens (including phenoxy) is 3. The molecule has 25 heavy (non-hydrogen) atoms. The van der Waals surface area contributed by atoms with Gasteiger partial charge in [0, 0.05) is 25.7 Å². The molecule has 2 heterocycles. The van der Waals surface area contributed by atoms with E-state index in [1.807, 2.05) is 30.3 Å². The van der Waals surface area contributed by atoms with Crippen LogP contribution in [0, 0.1) is 5.92 Å². The van der Waals surface area contributed by atoms with Gasteiger partial charge in [0.05, 0.1) is 25.9 Å². The molecule has 3 atom stereocenters. The second-order valence-electron chi connectivity index (χ2n) is 6.80. The van der Waals surface area contributed by atoms with Gasteiger partial charge in [-0.25, -0.2) is 4.79 Å². The molecule has 0 saturated carbocycles. The van der Waals surface area contributed by atoms with Crippen molar-refractivity contribution >= 4 is 6.09 Å². The van der Waals surface area contributed by atoms with Crippen LogP contribution < -0.4 is 5.32 Å². The maximum Gasteiger partial charge on any atom is 0.410 e. The number of hydrogen-bond donors (Lipinski definition) is 1. The largest absolute Gasteiger partial charge is 0.445 e. The minimum atomic E-state index is -0.269. The Kier molecular flexibility index (Phi) is 6.67. The molecule has 0 bridgehead atoms. The smallest absolute Gasteiger partial charge is 0.410 e. The van der Waals surface area contributed by atoms with Crippen molar-refractivity contribution in [3.8, 4) is 0 Å². The van der Waals surface area contributed by atoms with E-state index in [1.165, 1.54) is 0 Å². The average molecular weight is 348 g/mol. The minimum Gasteiger partial charge on any atom is -0.445 e. The first kappa shape index (κ1) is 18.2. The van der Waals surface area contributed by atoms with Crippen molar-refractivity contribution in [2.75, 3.05) is 39.5 Å². The third-order valence-electron chi connectivity index (χ3n) is 4.94. The number of amides is 1. The number of morpholine rings is 1. The summed E-state index contributed by atoms with van der Waals surface area (Å²) < 4.78 is 16.6. The Hall–Kier alpha value is -1.63. The van der Waals surface area contributed by atoms with E-state index in [0.717, 1.165) is 31.7 Å². The highest BCUT2D eigenvalue weighted by atomic mass is 16.6. The molecule has 3 rings (SSSR count). The molecule has 1 aromatic carbocycles. The molecule has 6 heteroatoms. The van der Waals surface area contributed by atoms with Gasteiger partial charge in [0.25, 0.3) is 0 Å². The summed E-state index contributed by atoms with van der Waals surface area (Å²) in [5.41, 5.74) is 0.995. The van der Waals surface area contributed by atoms with Gasteiger partial charge in [-0.3, -0.25) is 0 Å². The van der Waals surface area contributed by atoms with Gasteiger partial charge in [-0.2, -0.15) is 0 Å². The lowest BCUT2D eigenvalue weighted by atomic mass is 10.0. The maximum atomic E-state index is 12.3. The number of nitrogens with one attached hydrogen (secondary N) is 1. The summed E-state index contributed by atoms with van der Waals surface area (Å²) >= 11 is 0. The van der Waals surface area contributed by atoms with Crippen LogP contribution in [0.4, 0.5) is 4.79 Å². The molecular formula is C19H28N2O4. The topological polar surface area (TPSA) is 60.0 Å². The number of carbonyl (C=O) groups is 1. The maximum absolute atomic E-state index is 12.3. The van der Waals surface area contributed by atoms with E-state index in [0.29, 0.717) is 38.3 Å². The summed E-state index contributed by atoms with van der Waals surface area (Å²) in [4.78, 5) is 14.0. The first-order valence-electron chi connectivity index (χ1n) is 9.10. The average Bonchev–Trinajstić information content (AvgIpc) is 3.20. The van der Waals surface area contributed by atoms with Crippen LogP contribution in [-0.2, 0) is 20.8 Å². The fourth-order valence-corrected chi connectivity index (χ4v) is 3.25. The third kappa shape index (κ3) is 5.42. The molecule has 2 aliphatic rings. The summed E-state index contributed by atoms with van der Waals surface area (Å²) in [6.07, 6.45) is 0.842. The van der Waals surface area contributed by atoms with Crippen LogP contribution >= 0.6 is 0 Å². The van der Waals surface area contributed by atoms with Gasteiger partial charge in [-0.1, -0.05) is 30.3 Å². The van der Waals surface area contributed by atoms with Gasteiger partial charge in [0.15, 0.2) is 0 Å². The van der Waals surface area contributed by atoms with Crippen LogP contribution in [-0.4, -0.2) is 62.6 Å².